The van der Waals surface area contributed by atoms with Crippen LogP contribution in [0.2, 0.25) is 0 Å². The third kappa shape index (κ3) is 5.03. The number of benzene rings is 2. The highest BCUT2D eigenvalue weighted by atomic mass is 32.1. The molecule has 27 heavy (non-hydrogen) atoms. The molecule has 0 saturated heterocycles. The van der Waals surface area contributed by atoms with Crippen LogP contribution < -0.4 is 15.5 Å². The third-order valence-corrected chi connectivity index (χ3v) is 4.57. The summed E-state index contributed by atoms with van der Waals surface area (Å²) in [6, 6.07) is 16.3. The Bertz CT molecular complexity index is 958. The number of amides is 1. The summed E-state index contributed by atoms with van der Waals surface area (Å²) in [6.45, 7) is 1.75. The molecule has 3 aromatic rings. The van der Waals surface area contributed by atoms with Gasteiger partial charge in [0.2, 0.25) is 0 Å². The van der Waals surface area contributed by atoms with Crippen molar-refractivity contribution in [3.63, 3.8) is 0 Å². The molecule has 7 nitrogen and oxygen atoms in total. The Morgan fingerprint density at radius 3 is 2.85 bits per heavy atom. The number of anilines is 1. The third-order valence-electron chi connectivity index (χ3n) is 3.60. The summed E-state index contributed by atoms with van der Waals surface area (Å²) in [5.74, 6) is 0.339. The van der Waals surface area contributed by atoms with Gasteiger partial charge in [0.25, 0.3) is 5.91 Å². The summed E-state index contributed by atoms with van der Waals surface area (Å²) in [5.41, 5.74) is 4.20. The van der Waals surface area contributed by atoms with Crippen molar-refractivity contribution in [1.29, 1.82) is 5.26 Å². The first-order valence-corrected chi connectivity index (χ1v) is 9.02. The minimum Gasteiger partial charge on any atom is -0.479 e. The van der Waals surface area contributed by atoms with Crippen molar-refractivity contribution in [2.75, 3.05) is 11.9 Å². The highest BCUT2D eigenvalue weighted by Crippen LogP contribution is 2.25. The van der Waals surface area contributed by atoms with E-state index in [1.165, 1.54) is 17.6 Å². The fourth-order valence-electron chi connectivity index (χ4n) is 2.22. The zero-order chi connectivity index (χ0) is 19.1. The van der Waals surface area contributed by atoms with Crippen LogP contribution in [0.1, 0.15) is 12.5 Å². The van der Waals surface area contributed by atoms with Gasteiger partial charge in [0, 0.05) is 0 Å². The number of nitrogens with zero attached hydrogens (tertiary/aromatic N) is 3. The largest absolute Gasteiger partial charge is 0.479 e. The van der Waals surface area contributed by atoms with Crippen LogP contribution in [0, 0.1) is 11.3 Å². The van der Waals surface area contributed by atoms with Crippen molar-refractivity contribution in [1.82, 2.24) is 10.4 Å². The smallest absolute Gasteiger partial charge is 0.262 e. The number of rotatable bonds is 7. The molecule has 8 heteroatoms. The minimum absolute atomic E-state index is 0.00302. The van der Waals surface area contributed by atoms with Crippen molar-refractivity contribution in [2.24, 2.45) is 5.10 Å². The van der Waals surface area contributed by atoms with Crippen molar-refractivity contribution >= 4 is 38.8 Å². The van der Waals surface area contributed by atoms with E-state index in [2.05, 4.69) is 20.8 Å². The maximum atomic E-state index is 12.2. The van der Waals surface area contributed by atoms with Gasteiger partial charge in [0.05, 0.1) is 16.4 Å². The van der Waals surface area contributed by atoms with E-state index in [4.69, 9.17) is 10.00 Å². The normalized spacial score (nSPS) is 11.9. The van der Waals surface area contributed by atoms with Gasteiger partial charge in [-0.3, -0.25) is 4.79 Å². The van der Waals surface area contributed by atoms with Crippen molar-refractivity contribution in [3.05, 3.63) is 54.1 Å². The number of nitriles is 1. The average molecular weight is 379 g/mol. The molecule has 1 atom stereocenters. The molecule has 0 bridgehead atoms. The van der Waals surface area contributed by atoms with Crippen LogP contribution in [0.25, 0.3) is 10.2 Å². The number of fused-ring (bicyclic) bond motifs is 1. The van der Waals surface area contributed by atoms with Gasteiger partial charge in [-0.25, -0.2) is 10.4 Å². The lowest BCUT2D eigenvalue weighted by Crippen LogP contribution is -2.34. The van der Waals surface area contributed by atoms with Crippen molar-refractivity contribution < 1.29 is 9.53 Å². The number of nitrogens with one attached hydrogen (secondary N) is 2. The SMILES string of the molecule is C[C@@H](Nc1nc2ccccc2s1)C(=O)N/N=C\c1ccc(OCC#N)cc1. The summed E-state index contributed by atoms with van der Waals surface area (Å²) in [5, 5.41) is 16.2. The molecule has 0 aliphatic carbocycles. The molecule has 0 spiro atoms. The van der Waals surface area contributed by atoms with Gasteiger partial charge in [0.1, 0.15) is 17.9 Å². The first kappa shape index (κ1) is 18.4. The van der Waals surface area contributed by atoms with Crippen LogP contribution in [-0.2, 0) is 4.79 Å². The van der Waals surface area contributed by atoms with Crippen LogP contribution in [0.5, 0.6) is 5.75 Å². The molecule has 0 saturated carbocycles. The molecule has 0 aliphatic rings. The van der Waals surface area contributed by atoms with Gasteiger partial charge in [0.15, 0.2) is 11.7 Å². The van der Waals surface area contributed by atoms with Gasteiger partial charge in [-0.05, 0) is 48.9 Å². The minimum atomic E-state index is -0.482. The van der Waals surface area contributed by atoms with Gasteiger partial charge in [-0.15, -0.1) is 0 Å². The van der Waals surface area contributed by atoms with Crippen LogP contribution >= 0.6 is 11.3 Å². The number of hydrazone groups is 1. The maximum absolute atomic E-state index is 12.2. The topological polar surface area (TPSA) is 99.4 Å². The van der Waals surface area contributed by atoms with E-state index in [9.17, 15) is 4.79 Å². The Morgan fingerprint density at radius 2 is 2.11 bits per heavy atom. The monoisotopic (exact) mass is 379 g/mol. The first-order chi connectivity index (χ1) is 13.2. The predicted molar refractivity (Wildman–Crippen MR) is 106 cm³/mol. The van der Waals surface area contributed by atoms with E-state index in [-0.39, 0.29) is 12.5 Å². The maximum Gasteiger partial charge on any atom is 0.262 e. The summed E-state index contributed by atoms with van der Waals surface area (Å²) in [4.78, 5) is 16.6. The van der Waals surface area contributed by atoms with E-state index in [0.29, 0.717) is 10.9 Å². The molecule has 2 N–H and O–H groups in total. The van der Waals surface area contributed by atoms with E-state index >= 15 is 0 Å². The van der Waals surface area contributed by atoms with Gasteiger partial charge in [-0.1, -0.05) is 23.5 Å². The summed E-state index contributed by atoms with van der Waals surface area (Å²) >= 11 is 1.50. The molecule has 136 valence electrons. The van der Waals surface area contributed by atoms with Gasteiger partial charge >= 0.3 is 0 Å². The lowest BCUT2D eigenvalue weighted by atomic mass is 10.2. The second kappa shape index (κ2) is 8.78. The molecule has 0 unspecified atom stereocenters. The Kier molecular flexibility index (Phi) is 5.97. The van der Waals surface area contributed by atoms with E-state index in [0.717, 1.165) is 15.8 Å². The Balaban J connectivity index is 1.52. The second-order valence-electron chi connectivity index (χ2n) is 5.60. The van der Waals surface area contributed by atoms with Gasteiger partial charge in [-0.2, -0.15) is 10.4 Å². The molecule has 0 aliphatic heterocycles. The number of ether oxygens (including phenoxy) is 1. The Morgan fingerprint density at radius 1 is 1.33 bits per heavy atom. The van der Waals surface area contributed by atoms with Crippen LogP contribution in [-0.4, -0.2) is 29.8 Å². The van der Waals surface area contributed by atoms with E-state index in [1.54, 1.807) is 31.2 Å². The highest BCUT2D eigenvalue weighted by molar-refractivity contribution is 7.22. The summed E-state index contributed by atoms with van der Waals surface area (Å²) in [7, 11) is 0. The Labute approximate surface area is 160 Å². The molecule has 2 aromatic carbocycles. The molecular weight excluding hydrogens is 362 g/mol. The number of thiazole rings is 1. The fourth-order valence-corrected chi connectivity index (χ4v) is 3.17. The molecule has 0 fully saturated rings. The molecule has 1 heterocycles. The van der Waals surface area contributed by atoms with Crippen LogP contribution in [0.3, 0.4) is 0 Å². The number of hydrogen-bond acceptors (Lipinski definition) is 7. The number of hydrogen-bond donors (Lipinski definition) is 2. The lowest BCUT2D eigenvalue weighted by molar-refractivity contribution is -0.121. The van der Waals surface area contributed by atoms with Crippen LogP contribution in [0.4, 0.5) is 5.13 Å². The lowest BCUT2D eigenvalue weighted by Gasteiger charge is -2.10. The van der Waals surface area contributed by atoms with Crippen LogP contribution in [0.15, 0.2) is 53.6 Å². The standard InChI is InChI=1S/C19H17N5O2S/c1-13(22-19-23-16-4-2-3-5-17(16)27-19)18(25)24-21-12-14-6-8-15(9-7-14)26-11-10-20/h2-9,12-13H,11H2,1H3,(H,22,23)(H,24,25)/b21-12-/t13-/m1/s1. The predicted octanol–water partition coefficient (Wildman–Crippen LogP) is 3.15. The fraction of sp³-hybridized carbons (Fsp3) is 0.158. The number of para-hydroxylation sites is 1. The molecule has 0 radical (unpaired) electrons. The van der Waals surface area contributed by atoms with Crippen molar-refractivity contribution in [2.45, 2.75) is 13.0 Å². The zero-order valence-corrected chi connectivity index (χ0v) is 15.4. The summed E-state index contributed by atoms with van der Waals surface area (Å²) in [6.07, 6.45) is 1.54. The summed E-state index contributed by atoms with van der Waals surface area (Å²) < 4.78 is 6.24. The Hall–Kier alpha value is -3.44. The quantitative estimate of drug-likeness (QED) is 0.485. The van der Waals surface area contributed by atoms with E-state index in [1.807, 2.05) is 30.3 Å². The molecule has 3 rings (SSSR count). The van der Waals surface area contributed by atoms with E-state index < -0.39 is 6.04 Å². The molecule has 1 amide bonds. The van der Waals surface area contributed by atoms with Crippen molar-refractivity contribution in [3.8, 4) is 11.8 Å². The second-order valence-corrected chi connectivity index (χ2v) is 6.63. The first-order valence-electron chi connectivity index (χ1n) is 8.20. The number of carbonyl (C=O) groups excluding carboxylic acids is 1. The number of aromatic nitrogens is 1. The highest BCUT2D eigenvalue weighted by Gasteiger charge is 2.14. The van der Waals surface area contributed by atoms with Gasteiger partial charge < -0.3 is 10.1 Å². The zero-order valence-electron chi connectivity index (χ0n) is 14.5. The molecular formula is C19H17N5O2S. The number of carbonyl (C=O) groups is 1. The average Bonchev–Trinajstić information content (AvgIpc) is 3.09. The molecule has 1 aromatic heterocycles.